The quantitative estimate of drug-likeness (QED) is 0.885. The van der Waals surface area contributed by atoms with E-state index < -0.39 is 12.1 Å². The van der Waals surface area contributed by atoms with E-state index in [1.807, 2.05) is 31.2 Å². The van der Waals surface area contributed by atoms with Crippen molar-refractivity contribution in [3.05, 3.63) is 51.7 Å². The van der Waals surface area contributed by atoms with Gasteiger partial charge in [0, 0.05) is 19.5 Å². The Kier molecular flexibility index (Phi) is 4.40. The highest BCUT2D eigenvalue weighted by molar-refractivity contribution is 5.81. The summed E-state index contributed by atoms with van der Waals surface area (Å²) < 4.78 is 3.04. The number of aliphatic hydroxyl groups excluding tert-OH is 1. The van der Waals surface area contributed by atoms with Crippen molar-refractivity contribution >= 4 is 5.91 Å². The van der Waals surface area contributed by atoms with Gasteiger partial charge < -0.3 is 10.0 Å². The molecule has 0 radical (unpaired) electrons. The fourth-order valence-electron chi connectivity index (χ4n) is 3.89. The van der Waals surface area contributed by atoms with Gasteiger partial charge in [-0.1, -0.05) is 29.8 Å². The van der Waals surface area contributed by atoms with Crippen LogP contribution in [0.5, 0.6) is 0 Å². The molecule has 1 N–H and O–H groups in total. The third-order valence-corrected chi connectivity index (χ3v) is 5.34. The van der Waals surface area contributed by atoms with Crippen LogP contribution in [0.3, 0.4) is 0 Å². The molecule has 1 saturated heterocycles. The van der Waals surface area contributed by atoms with E-state index >= 15 is 0 Å². The van der Waals surface area contributed by atoms with Crippen LogP contribution in [-0.4, -0.2) is 49.5 Å². The molecule has 26 heavy (non-hydrogen) atoms. The highest BCUT2D eigenvalue weighted by atomic mass is 16.3. The van der Waals surface area contributed by atoms with Crippen molar-refractivity contribution in [2.45, 2.75) is 51.3 Å². The molecule has 0 bridgehead atoms. The van der Waals surface area contributed by atoms with Crippen molar-refractivity contribution in [1.29, 1.82) is 0 Å². The van der Waals surface area contributed by atoms with E-state index in [-0.39, 0.29) is 11.6 Å². The van der Waals surface area contributed by atoms with Crippen LogP contribution < -0.4 is 5.69 Å². The first kappa shape index (κ1) is 17.0. The van der Waals surface area contributed by atoms with Gasteiger partial charge >= 0.3 is 5.69 Å². The molecule has 2 unspecified atom stereocenters. The van der Waals surface area contributed by atoms with Gasteiger partial charge in [-0.3, -0.25) is 9.36 Å². The van der Waals surface area contributed by atoms with Crippen molar-refractivity contribution in [2.24, 2.45) is 0 Å². The Labute approximate surface area is 151 Å². The number of fused-ring (bicyclic) bond motifs is 1. The molecule has 1 aromatic carbocycles. The SMILES string of the molecule is Cc1ccc(Cn2nc3n(c2=O)C(C(=O)N2CCC(O)C2)CCC3)cc1. The van der Waals surface area contributed by atoms with Gasteiger partial charge in [-0.2, -0.15) is 5.10 Å². The number of hydrogen-bond donors (Lipinski definition) is 1. The Hall–Kier alpha value is -2.41. The zero-order valence-electron chi connectivity index (χ0n) is 15.0. The zero-order valence-corrected chi connectivity index (χ0v) is 15.0. The maximum absolute atomic E-state index is 12.9. The molecule has 1 aromatic heterocycles. The number of β-amino-alcohol motifs (C(OH)–C–C–N with tert-alkyl or cyclic N) is 1. The number of carbonyl (C=O) groups excluding carboxylic acids is 1. The summed E-state index contributed by atoms with van der Waals surface area (Å²) in [5, 5.41) is 14.2. The first-order chi connectivity index (χ1) is 12.5. The van der Waals surface area contributed by atoms with E-state index in [0.717, 1.165) is 12.0 Å². The fourth-order valence-corrected chi connectivity index (χ4v) is 3.89. The molecule has 138 valence electrons. The third kappa shape index (κ3) is 3.07. The molecule has 2 aromatic rings. The number of benzene rings is 1. The number of amides is 1. The second kappa shape index (κ2) is 6.72. The van der Waals surface area contributed by atoms with Gasteiger partial charge in [0.1, 0.15) is 11.9 Å². The molecule has 3 heterocycles. The van der Waals surface area contributed by atoms with Gasteiger partial charge in [0.15, 0.2) is 0 Å². The van der Waals surface area contributed by atoms with Crippen LogP contribution in [0.25, 0.3) is 0 Å². The van der Waals surface area contributed by atoms with E-state index in [4.69, 9.17) is 0 Å². The lowest BCUT2D eigenvalue weighted by atomic mass is 10.0. The number of likely N-dealkylation sites (tertiary alicyclic amines) is 1. The Morgan fingerprint density at radius 2 is 2.04 bits per heavy atom. The molecule has 7 nitrogen and oxygen atoms in total. The second-order valence-electron chi connectivity index (χ2n) is 7.35. The normalized spacial score (nSPS) is 22.5. The fraction of sp³-hybridized carbons (Fsp3) is 0.526. The van der Waals surface area contributed by atoms with Gasteiger partial charge in [-0.15, -0.1) is 0 Å². The van der Waals surface area contributed by atoms with Crippen LogP contribution in [0.2, 0.25) is 0 Å². The van der Waals surface area contributed by atoms with Gasteiger partial charge in [0.2, 0.25) is 5.91 Å². The average molecular weight is 356 g/mol. The molecule has 0 saturated carbocycles. The summed E-state index contributed by atoms with van der Waals surface area (Å²) in [6.07, 6.45) is 2.35. The predicted octanol–water partition coefficient (Wildman–Crippen LogP) is 0.872. The van der Waals surface area contributed by atoms with E-state index in [0.29, 0.717) is 44.7 Å². The molecule has 1 amide bonds. The minimum Gasteiger partial charge on any atom is -0.391 e. The summed E-state index contributed by atoms with van der Waals surface area (Å²) in [4.78, 5) is 27.5. The minimum atomic E-state index is -0.497. The van der Waals surface area contributed by atoms with E-state index in [9.17, 15) is 14.7 Å². The van der Waals surface area contributed by atoms with E-state index in [1.54, 1.807) is 9.47 Å². The molecule has 1 fully saturated rings. The monoisotopic (exact) mass is 356 g/mol. The summed E-state index contributed by atoms with van der Waals surface area (Å²) in [5.74, 6) is 0.617. The molecule has 0 spiro atoms. The van der Waals surface area contributed by atoms with Gasteiger partial charge in [0.25, 0.3) is 0 Å². The lowest BCUT2D eigenvalue weighted by molar-refractivity contribution is -0.134. The van der Waals surface area contributed by atoms with Crippen molar-refractivity contribution in [3.63, 3.8) is 0 Å². The number of aliphatic hydroxyl groups is 1. The largest absolute Gasteiger partial charge is 0.391 e. The summed E-state index contributed by atoms with van der Waals surface area (Å²) in [5.41, 5.74) is 1.96. The van der Waals surface area contributed by atoms with Crippen molar-refractivity contribution < 1.29 is 9.90 Å². The number of rotatable bonds is 3. The van der Waals surface area contributed by atoms with Crippen molar-refractivity contribution in [3.8, 4) is 0 Å². The van der Waals surface area contributed by atoms with Crippen LogP contribution >= 0.6 is 0 Å². The summed E-state index contributed by atoms with van der Waals surface area (Å²) in [7, 11) is 0. The Morgan fingerprint density at radius 3 is 2.73 bits per heavy atom. The number of hydrogen-bond acceptors (Lipinski definition) is 4. The van der Waals surface area contributed by atoms with Crippen LogP contribution in [0.4, 0.5) is 0 Å². The Morgan fingerprint density at radius 1 is 1.27 bits per heavy atom. The molecular formula is C19H24N4O3. The van der Waals surface area contributed by atoms with E-state index in [2.05, 4.69) is 5.10 Å². The van der Waals surface area contributed by atoms with Crippen LogP contribution in [-0.2, 0) is 17.8 Å². The molecule has 2 aliphatic heterocycles. The molecule has 7 heteroatoms. The summed E-state index contributed by atoms with van der Waals surface area (Å²) >= 11 is 0. The lowest BCUT2D eigenvalue weighted by Crippen LogP contribution is -2.42. The highest BCUT2D eigenvalue weighted by Gasteiger charge is 2.35. The summed E-state index contributed by atoms with van der Waals surface area (Å²) in [6, 6.07) is 7.52. The van der Waals surface area contributed by atoms with Gasteiger partial charge in [0.05, 0.1) is 12.6 Å². The Balaban J connectivity index is 1.62. The van der Waals surface area contributed by atoms with Gasteiger partial charge in [-0.05, 0) is 31.7 Å². The van der Waals surface area contributed by atoms with Crippen molar-refractivity contribution in [1.82, 2.24) is 19.2 Å². The average Bonchev–Trinajstić information content (AvgIpc) is 3.20. The molecule has 2 atom stereocenters. The molecule has 2 aliphatic rings. The first-order valence-electron chi connectivity index (χ1n) is 9.23. The number of aryl methyl sites for hydroxylation is 2. The number of aromatic nitrogens is 3. The van der Waals surface area contributed by atoms with Crippen LogP contribution in [0.15, 0.2) is 29.1 Å². The van der Waals surface area contributed by atoms with Crippen molar-refractivity contribution in [2.75, 3.05) is 13.1 Å². The zero-order chi connectivity index (χ0) is 18.3. The maximum Gasteiger partial charge on any atom is 0.346 e. The molecular weight excluding hydrogens is 332 g/mol. The second-order valence-corrected chi connectivity index (χ2v) is 7.35. The number of carbonyl (C=O) groups is 1. The smallest absolute Gasteiger partial charge is 0.346 e. The minimum absolute atomic E-state index is 0.0699. The lowest BCUT2D eigenvalue weighted by Gasteiger charge is -2.27. The van der Waals surface area contributed by atoms with Crippen LogP contribution in [0.1, 0.15) is 42.3 Å². The van der Waals surface area contributed by atoms with Crippen LogP contribution in [0, 0.1) is 6.92 Å². The Bertz CT molecular complexity index is 868. The topological polar surface area (TPSA) is 80.4 Å². The number of nitrogens with zero attached hydrogens (tertiary/aromatic N) is 4. The predicted molar refractivity (Wildman–Crippen MR) is 95.9 cm³/mol. The standard InChI is InChI=1S/C19H24N4O3/c1-13-5-7-14(8-6-13)11-22-19(26)23-16(3-2-4-17(23)20-22)18(25)21-10-9-15(24)12-21/h5-8,15-16,24H,2-4,9-12H2,1H3. The first-order valence-corrected chi connectivity index (χ1v) is 9.23. The highest BCUT2D eigenvalue weighted by Crippen LogP contribution is 2.25. The third-order valence-electron chi connectivity index (χ3n) is 5.34. The molecule has 0 aliphatic carbocycles. The van der Waals surface area contributed by atoms with E-state index in [1.165, 1.54) is 10.2 Å². The maximum atomic E-state index is 12.9. The molecule has 4 rings (SSSR count). The van der Waals surface area contributed by atoms with Gasteiger partial charge in [-0.25, -0.2) is 9.48 Å². The summed E-state index contributed by atoms with van der Waals surface area (Å²) in [6.45, 7) is 3.34.